The van der Waals surface area contributed by atoms with Crippen molar-refractivity contribution in [1.29, 1.82) is 0 Å². The van der Waals surface area contributed by atoms with E-state index in [4.69, 9.17) is 4.74 Å². The molecule has 0 spiro atoms. The SMILES string of the molecule is CC(=O)Nc1cccc(NC(=O)C2CN(S(=O)(=O)Cc3ccccc3)c3ccccc3O2)c1. The van der Waals surface area contributed by atoms with Gasteiger partial charge in [-0.15, -0.1) is 0 Å². The summed E-state index contributed by atoms with van der Waals surface area (Å²) in [6.45, 7) is 1.23. The minimum absolute atomic E-state index is 0.163. The molecule has 3 aromatic carbocycles. The van der Waals surface area contributed by atoms with Gasteiger partial charge in [0.25, 0.3) is 5.91 Å². The molecule has 8 nitrogen and oxygen atoms in total. The Hall–Kier alpha value is -3.85. The summed E-state index contributed by atoms with van der Waals surface area (Å²) in [5.41, 5.74) is 2.03. The van der Waals surface area contributed by atoms with Crippen LogP contribution in [0.5, 0.6) is 5.75 Å². The van der Waals surface area contributed by atoms with Gasteiger partial charge in [0.15, 0.2) is 6.10 Å². The molecule has 2 amide bonds. The van der Waals surface area contributed by atoms with E-state index in [0.29, 0.717) is 28.4 Å². The number of carbonyl (C=O) groups excluding carboxylic acids is 2. The third-order valence-electron chi connectivity index (χ3n) is 5.01. The van der Waals surface area contributed by atoms with Gasteiger partial charge >= 0.3 is 0 Å². The molecule has 3 aromatic rings. The number of benzene rings is 3. The maximum Gasteiger partial charge on any atom is 0.267 e. The third-order valence-corrected chi connectivity index (χ3v) is 6.72. The average Bonchev–Trinajstić information content (AvgIpc) is 2.78. The van der Waals surface area contributed by atoms with Gasteiger partial charge in [-0.1, -0.05) is 48.5 Å². The fourth-order valence-electron chi connectivity index (χ4n) is 3.57. The van der Waals surface area contributed by atoms with Crippen molar-refractivity contribution in [3.8, 4) is 5.75 Å². The van der Waals surface area contributed by atoms with Gasteiger partial charge in [-0.3, -0.25) is 13.9 Å². The number of rotatable bonds is 6. The number of carbonyl (C=O) groups is 2. The van der Waals surface area contributed by atoms with Gasteiger partial charge in [0.2, 0.25) is 15.9 Å². The first kappa shape index (κ1) is 22.3. The fraction of sp³-hybridized carbons (Fsp3) is 0.167. The first-order chi connectivity index (χ1) is 15.8. The highest BCUT2D eigenvalue weighted by molar-refractivity contribution is 7.92. The molecule has 170 valence electrons. The first-order valence-electron chi connectivity index (χ1n) is 10.3. The number of anilines is 3. The van der Waals surface area contributed by atoms with Gasteiger partial charge in [0, 0.05) is 18.3 Å². The quantitative estimate of drug-likeness (QED) is 0.581. The summed E-state index contributed by atoms with van der Waals surface area (Å²) < 4.78 is 33.7. The Balaban J connectivity index is 1.57. The lowest BCUT2D eigenvalue weighted by Crippen LogP contribution is -2.49. The fourth-order valence-corrected chi connectivity index (χ4v) is 5.15. The summed E-state index contributed by atoms with van der Waals surface area (Å²) in [4.78, 5) is 24.3. The van der Waals surface area contributed by atoms with Crippen molar-refractivity contribution in [2.24, 2.45) is 0 Å². The molecule has 0 saturated carbocycles. The molecule has 0 saturated heterocycles. The Bertz CT molecular complexity index is 1280. The smallest absolute Gasteiger partial charge is 0.267 e. The van der Waals surface area contributed by atoms with E-state index in [2.05, 4.69) is 10.6 Å². The largest absolute Gasteiger partial charge is 0.476 e. The number of nitrogens with zero attached hydrogens (tertiary/aromatic N) is 1. The van der Waals surface area contributed by atoms with Crippen molar-refractivity contribution in [3.05, 3.63) is 84.4 Å². The Morgan fingerprint density at radius 2 is 1.61 bits per heavy atom. The van der Waals surface area contributed by atoms with Crippen molar-refractivity contribution in [1.82, 2.24) is 0 Å². The lowest BCUT2D eigenvalue weighted by atomic mass is 10.2. The van der Waals surface area contributed by atoms with Crippen LogP contribution in [-0.4, -0.2) is 32.9 Å². The number of fused-ring (bicyclic) bond motifs is 1. The summed E-state index contributed by atoms with van der Waals surface area (Å²) in [6, 6.07) is 22.3. The van der Waals surface area contributed by atoms with Crippen LogP contribution in [0, 0.1) is 0 Å². The molecular weight excluding hydrogens is 442 g/mol. The molecule has 1 aliphatic heterocycles. The number of para-hydroxylation sites is 2. The molecule has 0 bridgehead atoms. The average molecular weight is 466 g/mol. The van der Waals surface area contributed by atoms with Crippen molar-refractivity contribution < 1.29 is 22.7 Å². The topological polar surface area (TPSA) is 105 Å². The lowest BCUT2D eigenvalue weighted by Gasteiger charge is -2.34. The second-order valence-corrected chi connectivity index (χ2v) is 9.49. The molecule has 1 heterocycles. The van der Waals surface area contributed by atoms with Gasteiger partial charge in [-0.05, 0) is 35.9 Å². The molecule has 4 rings (SSSR count). The number of hydrogen-bond donors (Lipinski definition) is 2. The molecule has 0 radical (unpaired) electrons. The van der Waals surface area contributed by atoms with Crippen molar-refractivity contribution in [2.75, 3.05) is 21.5 Å². The van der Waals surface area contributed by atoms with Crippen molar-refractivity contribution in [2.45, 2.75) is 18.8 Å². The summed E-state index contributed by atoms with van der Waals surface area (Å²) >= 11 is 0. The van der Waals surface area contributed by atoms with E-state index in [-0.39, 0.29) is 18.2 Å². The minimum Gasteiger partial charge on any atom is -0.476 e. The van der Waals surface area contributed by atoms with Gasteiger partial charge in [0.1, 0.15) is 5.75 Å². The van der Waals surface area contributed by atoms with Crippen LogP contribution in [0.15, 0.2) is 78.9 Å². The molecule has 0 aromatic heterocycles. The molecule has 9 heteroatoms. The molecule has 33 heavy (non-hydrogen) atoms. The van der Waals surface area contributed by atoms with Crippen LogP contribution >= 0.6 is 0 Å². The van der Waals surface area contributed by atoms with Crippen LogP contribution in [0.25, 0.3) is 0 Å². The van der Waals surface area contributed by atoms with Gasteiger partial charge in [-0.25, -0.2) is 8.42 Å². The number of hydrogen-bond acceptors (Lipinski definition) is 5. The van der Waals surface area contributed by atoms with E-state index in [1.54, 1.807) is 72.8 Å². The van der Waals surface area contributed by atoms with E-state index >= 15 is 0 Å². The van der Waals surface area contributed by atoms with E-state index in [1.807, 2.05) is 6.07 Å². The first-order valence-corrected chi connectivity index (χ1v) is 11.9. The van der Waals surface area contributed by atoms with Crippen LogP contribution < -0.4 is 19.7 Å². The molecule has 0 aliphatic carbocycles. The Labute approximate surface area is 192 Å². The standard InChI is InChI=1S/C24H23N3O5S/c1-17(28)25-19-10-7-11-20(14-19)26-24(29)23-15-27(21-12-5-6-13-22(21)32-23)33(30,31)16-18-8-3-2-4-9-18/h2-14,23H,15-16H2,1H3,(H,25,28)(H,26,29). The van der Waals surface area contributed by atoms with E-state index in [1.165, 1.54) is 11.2 Å². The van der Waals surface area contributed by atoms with Crippen LogP contribution in [-0.2, 0) is 25.4 Å². The Morgan fingerprint density at radius 1 is 0.939 bits per heavy atom. The van der Waals surface area contributed by atoms with Crippen molar-refractivity contribution >= 4 is 38.9 Å². The molecule has 1 aliphatic rings. The predicted octanol–water partition coefficient (Wildman–Crippen LogP) is 3.38. The van der Waals surface area contributed by atoms with E-state index in [0.717, 1.165) is 0 Å². The van der Waals surface area contributed by atoms with Crippen LogP contribution in [0.2, 0.25) is 0 Å². The number of ether oxygens (including phenoxy) is 1. The highest BCUT2D eigenvalue weighted by Crippen LogP contribution is 2.36. The van der Waals surface area contributed by atoms with E-state index in [9.17, 15) is 18.0 Å². The minimum atomic E-state index is -3.78. The van der Waals surface area contributed by atoms with Crippen molar-refractivity contribution in [3.63, 3.8) is 0 Å². The maximum atomic E-state index is 13.3. The second-order valence-electron chi connectivity index (χ2n) is 7.60. The van der Waals surface area contributed by atoms with Gasteiger partial charge in [-0.2, -0.15) is 0 Å². The zero-order chi connectivity index (χ0) is 23.4. The highest BCUT2D eigenvalue weighted by Gasteiger charge is 2.36. The summed E-state index contributed by atoms with van der Waals surface area (Å²) in [7, 11) is -3.78. The van der Waals surface area contributed by atoms with Crippen LogP contribution in [0.1, 0.15) is 12.5 Å². The normalized spacial score (nSPS) is 15.2. The summed E-state index contributed by atoms with van der Waals surface area (Å²) in [5, 5.41) is 5.39. The number of amides is 2. The Kier molecular flexibility index (Phi) is 6.32. The maximum absolute atomic E-state index is 13.3. The summed E-state index contributed by atoms with van der Waals surface area (Å²) in [6.07, 6.45) is -1.06. The lowest BCUT2D eigenvalue weighted by molar-refractivity contribution is -0.122. The third kappa shape index (κ3) is 5.32. The van der Waals surface area contributed by atoms with Gasteiger partial charge in [0.05, 0.1) is 18.0 Å². The zero-order valence-electron chi connectivity index (χ0n) is 17.9. The van der Waals surface area contributed by atoms with E-state index < -0.39 is 22.0 Å². The molecular formula is C24H23N3O5S. The molecule has 0 fully saturated rings. The van der Waals surface area contributed by atoms with Crippen LogP contribution in [0.4, 0.5) is 17.1 Å². The zero-order valence-corrected chi connectivity index (χ0v) is 18.7. The second kappa shape index (κ2) is 9.33. The number of nitrogens with one attached hydrogen (secondary N) is 2. The Morgan fingerprint density at radius 3 is 2.33 bits per heavy atom. The number of sulfonamides is 1. The predicted molar refractivity (Wildman–Crippen MR) is 127 cm³/mol. The monoisotopic (exact) mass is 465 g/mol. The molecule has 2 N–H and O–H groups in total. The highest BCUT2D eigenvalue weighted by atomic mass is 32.2. The molecule has 1 atom stereocenters. The van der Waals surface area contributed by atoms with Gasteiger partial charge < -0.3 is 15.4 Å². The summed E-state index contributed by atoms with van der Waals surface area (Å²) in [5.74, 6) is -0.614. The van der Waals surface area contributed by atoms with Crippen LogP contribution in [0.3, 0.4) is 0 Å². The molecule has 1 unspecified atom stereocenters.